The lowest BCUT2D eigenvalue weighted by molar-refractivity contribution is -0.132. The first-order valence-corrected chi connectivity index (χ1v) is 9.78. The van der Waals surface area contributed by atoms with Crippen LogP contribution in [0.2, 0.25) is 0 Å². The number of aryl methyl sites for hydroxylation is 1. The maximum absolute atomic E-state index is 12.4. The lowest BCUT2D eigenvalue weighted by Crippen LogP contribution is -2.41. The molecule has 1 aliphatic heterocycles. The van der Waals surface area contributed by atoms with E-state index in [1.807, 2.05) is 0 Å². The second-order valence-electron chi connectivity index (χ2n) is 6.27. The summed E-state index contributed by atoms with van der Waals surface area (Å²) in [5.74, 6) is 0.531. The van der Waals surface area contributed by atoms with Crippen LogP contribution in [-0.2, 0) is 14.8 Å². The number of likely N-dealkylation sites (tertiary alicyclic amines) is 1. The quantitative estimate of drug-likeness (QED) is 0.804. The number of sulfonamides is 1. The molecule has 1 N–H and O–H groups in total. The minimum atomic E-state index is -3.28. The molecule has 9 heteroatoms. The molecule has 1 fully saturated rings. The molecule has 0 unspecified atom stereocenters. The minimum Gasteiger partial charge on any atom is -0.342 e. The molecule has 0 aliphatic carbocycles. The third-order valence-corrected chi connectivity index (χ3v) is 5.59. The van der Waals surface area contributed by atoms with Crippen molar-refractivity contribution in [1.29, 1.82) is 0 Å². The summed E-state index contributed by atoms with van der Waals surface area (Å²) in [5, 5.41) is 0. The summed E-state index contributed by atoms with van der Waals surface area (Å²) >= 11 is 0. The van der Waals surface area contributed by atoms with Crippen molar-refractivity contribution >= 4 is 15.9 Å². The Balaban J connectivity index is 1.99. The second kappa shape index (κ2) is 7.43. The number of nitrogens with zero attached hydrogens (tertiary/aromatic N) is 3. The van der Waals surface area contributed by atoms with Gasteiger partial charge in [-0.25, -0.2) is 17.7 Å². The Morgan fingerprint density at radius 3 is 2.83 bits per heavy atom. The molecule has 1 saturated heterocycles. The first-order valence-electron chi connectivity index (χ1n) is 7.94. The molecular formula is C15H24N4O4S. The van der Waals surface area contributed by atoms with E-state index in [0.717, 1.165) is 19.1 Å². The molecule has 1 atom stereocenters. The Bertz CT molecular complexity index is 759. The summed E-state index contributed by atoms with van der Waals surface area (Å²) in [6, 6.07) is 1.49. The fourth-order valence-corrected chi connectivity index (χ4v) is 3.26. The molecule has 0 aromatic carbocycles. The van der Waals surface area contributed by atoms with Crippen LogP contribution in [-0.4, -0.2) is 66.4 Å². The Morgan fingerprint density at radius 2 is 2.21 bits per heavy atom. The van der Waals surface area contributed by atoms with Crippen LogP contribution >= 0.6 is 0 Å². The zero-order valence-corrected chi connectivity index (χ0v) is 15.1. The van der Waals surface area contributed by atoms with Crippen molar-refractivity contribution in [2.45, 2.75) is 32.1 Å². The van der Waals surface area contributed by atoms with E-state index < -0.39 is 10.0 Å². The van der Waals surface area contributed by atoms with Gasteiger partial charge in [-0.2, -0.15) is 0 Å². The number of carbonyl (C=O) groups is 1. The largest absolute Gasteiger partial charge is 0.342 e. The molecule has 24 heavy (non-hydrogen) atoms. The number of carbonyl (C=O) groups excluding carboxylic acids is 1. The van der Waals surface area contributed by atoms with E-state index in [-0.39, 0.29) is 30.3 Å². The van der Waals surface area contributed by atoms with Crippen LogP contribution in [0.25, 0.3) is 0 Å². The smallest absolute Gasteiger partial charge is 0.251 e. The molecule has 134 valence electrons. The van der Waals surface area contributed by atoms with E-state index in [1.54, 1.807) is 11.8 Å². The van der Waals surface area contributed by atoms with Gasteiger partial charge < -0.3 is 9.88 Å². The predicted octanol–water partition coefficient (Wildman–Crippen LogP) is 0.0658. The fraction of sp³-hybridized carbons (Fsp3) is 0.667. The van der Waals surface area contributed by atoms with E-state index in [2.05, 4.69) is 9.97 Å². The number of piperidine rings is 1. The van der Waals surface area contributed by atoms with Crippen LogP contribution in [0, 0.1) is 6.92 Å². The van der Waals surface area contributed by atoms with Crippen molar-refractivity contribution in [3.63, 3.8) is 0 Å². The third kappa shape index (κ3) is 4.88. The Kier molecular flexibility index (Phi) is 5.76. The summed E-state index contributed by atoms with van der Waals surface area (Å²) < 4.78 is 23.9. The van der Waals surface area contributed by atoms with Crippen LogP contribution in [0.3, 0.4) is 0 Å². The van der Waals surface area contributed by atoms with Crippen molar-refractivity contribution < 1.29 is 13.2 Å². The molecule has 1 aromatic heterocycles. The molecule has 0 saturated carbocycles. The number of aromatic amines is 1. The Labute approximate surface area is 141 Å². The average molecular weight is 356 g/mol. The summed E-state index contributed by atoms with van der Waals surface area (Å²) in [7, 11) is -1.82. The molecule has 1 aliphatic rings. The van der Waals surface area contributed by atoms with Crippen molar-refractivity contribution in [2.75, 3.05) is 32.9 Å². The van der Waals surface area contributed by atoms with Gasteiger partial charge in [0.05, 0.1) is 11.9 Å². The lowest BCUT2D eigenvalue weighted by atomic mass is 9.94. The maximum Gasteiger partial charge on any atom is 0.251 e. The van der Waals surface area contributed by atoms with Gasteiger partial charge >= 0.3 is 0 Å². The number of rotatable bonds is 5. The van der Waals surface area contributed by atoms with Gasteiger partial charge in [-0.3, -0.25) is 9.59 Å². The highest BCUT2D eigenvalue weighted by molar-refractivity contribution is 7.88. The maximum atomic E-state index is 12.4. The van der Waals surface area contributed by atoms with Crippen LogP contribution in [0.4, 0.5) is 0 Å². The van der Waals surface area contributed by atoms with E-state index in [0.29, 0.717) is 24.6 Å². The number of hydrogen-bond donors (Lipinski definition) is 1. The zero-order chi connectivity index (χ0) is 17.9. The standard InChI is InChI=1S/C15H24N4O4S/c1-11-16-13(9-14(20)17-11)12-5-4-7-19(10-12)15(21)6-8-18(2)24(3,22)23/h9,12H,4-8,10H2,1-3H3,(H,16,17,20)/t12-/m0/s1. The van der Waals surface area contributed by atoms with Gasteiger partial charge in [-0.05, 0) is 19.8 Å². The molecule has 1 aromatic rings. The molecule has 8 nitrogen and oxygen atoms in total. The van der Waals surface area contributed by atoms with Gasteiger partial charge in [0.15, 0.2) is 0 Å². The molecule has 0 bridgehead atoms. The number of H-pyrrole nitrogens is 1. The van der Waals surface area contributed by atoms with Crippen molar-refractivity contribution in [3.8, 4) is 0 Å². The van der Waals surface area contributed by atoms with Gasteiger partial charge in [-0.15, -0.1) is 0 Å². The normalized spacial score (nSPS) is 18.8. The molecule has 1 amide bonds. The predicted molar refractivity (Wildman–Crippen MR) is 90.2 cm³/mol. The topological polar surface area (TPSA) is 103 Å². The molecule has 2 rings (SSSR count). The first-order chi connectivity index (χ1) is 11.2. The fourth-order valence-electron chi connectivity index (χ4n) is 2.83. The van der Waals surface area contributed by atoms with Crippen molar-refractivity contribution in [3.05, 3.63) is 27.9 Å². The van der Waals surface area contributed by atoms with Gasteiger partial charge in [0.1, 0.15) is 5.82 Å². The van der Waals surface area contributed by atoms with Crippen LogP contribution in [0.1, 0.15) is 36.7 Å². The molecule has 0 spiro atoms. The number of aromatic nitrogens is 2. The summed E-state index contributed by atoms with van der Waals surface area (Å²) in [6.45, 7) is 3.07. The lowest BCUT2D eigenvalue weighted by Gasteiger charge is -2.33. The SMILES string of the molecule is Cc1nc([C@H]2CCCN(C(=O)CCN(C)S(C)(=O)=O)C2)cc(=O)[nH]1. The molecule has 2 heterocycles. The average Bonchev–Trinajstić information content (AvgIpc) is 2.50. The van der Waals surface area contributed by atoms with Gasteiger partial charge in [-0.1, -0.05) is 0 Å². The summed E-state index contributed by atoms with van der Waals surface area (Å²) in [5.41, 5.74) is 0.526. The van der Waals surface area contributed by atoms with Crippen LogP contribution in [0.5, 0.6) is 0 Å². The zero-order valence-electron chi connectivity index (χ0n) is 14.3. The van der Waals surface area contributed by atoms with Crippen LogP contribution < -0.4 is 5.56 Å². The summed E-state index contributed by atoms with van der Waals surface area (Å²) in [6.07, 6.45) is 2.99. The molecular weight excluding hydrogens is 332 g/mol. The van der Waals surface area contributed by atoms with E-state index in [1.165, 1.54) is 17.4 Å². The highest BCUT2D eigenvalue weighted by atomic mass is 32.2. The van der Waals surface area contributed by atoms with E-state index in [9.17, 15) is 18.0 Å². The number of hydrogen-bond acceptors (Lipinski definition) is 5. The van der Waals surface area contributed by atoms with Crippen LogP contribution in [0.15, 0.2) is 10.9 Å². The molecule has 0 radical (unpaired) electrons. The van der Waals surface area contributed by atoms with Crippen molar-refractivity contribution in [2.24, 2.45) is 0 Å². The number of nitrogens with one attached hydrogen (secondary N) is 1. The van der Waals surface area contributed by atoms with Crippen molar-refractivity contribution in [1.82, 2.24) is 19.2 Å². The highest BCUT2D eigenvalue weighted by Gasteiger charge is 2.26. The first kappa shape index (κ1) is 18.6. The number of amides is 1. The van der Waals surface area contributed by atoms with E-state index >= 15 is 0 Å². The van der Waals surface area contributed by atoms with Gasteiger partial charge in [0.25, 0.3) is 5.56 Å². The minimum absolute atomic E-state index is 0.0383. The Hall–Kier alpha value is -1.74. The summed E-state index contributed by atoms with van der Waals surface area (Å²) in [4.78, 5) is 32.7. The van der Waals surface area contributed by atoms with E-state index in [4.69, 9.17) is 0 Å². The highest BCUT2D eigenvalue weighted by Crippen LogP contribution is 2.25. The second-order valence-corrected chi connectivity index (χ2v) is 8.36. The van der Waals surface area contributed by atoms with Gasteiger partial charge in [0, 0.05) is 45.1 Å². The monoisotopic (exact) mass is 356 g/mol. The Morgan fingerprint density at radius 1 is 1.50 bits per heavy atom. The van der Waals surface area contributed by atoms with Gasteiger partial charge in [0.2, 0.25) is 15.9 Å². The third-order valence-electron chi connectivity index (χ3n) is 4.28.